The molecule has 0 aliphatic carbocycles. The van der Waals surface area contributed by atoms with E-state index in [4.69, 9.17) is 10.5 Å². The first-order chi connectivity index (χ1) is 7.07. The number of nitrogen functional groups attached to an aromatic ring is 1. The Bertz CT molecular complexity index is 363. The molecule has 0 aliphatic heterocycles. The summed E-state index contributed by atoms with van der Waals surface area (Å²) in [6.07, 6.45) is 0. The minimum atomic E-state index is -0.506. The number of carbonyl (C=O) groups excluding carboxylic acids is 1. The quantitative estimate of drug-likeness (QED) is 0.451. The zero-order valence-corrected chi connectivity index (χ0v) is 8.86. The second-order valence-corrected chi connectivity index (χ2v) is 3.26. The predicted molar refractivity (Wildman–Crippen MR) is 57.6 cm³/mol. The number of aromatic hydroxyl groups is 1. The van der Waals surface area contributed by atoms with Crippen LogP contribution < -0.4 is 5.73 Å². The first-order valence-corrected chi connectivity index (χ1v) is 4.82. The van der Waals surface area contributed by atoms with Crippen LogP contribution in [0.4, 0.5) is 5.69 Å². The van der Waals surface area contributed by atoms with Crippen molar-refractivity contribution in [1.82, 2.24) is 0 Å². The molecule has 4 nitrogen and oxygen atoms in total. The number of para-hydroxylation sites is 1. The van der Waals surface area contributed by atoms with Gasteiger partial charge in [-0.2, -0.15) is 0 Å². The van der Waals surface area contributed by atoms with Crippen LogP contribution in [0.5, 0.6) is 5.75 Å². The molecule has 0 spiro atoms. The Morgan fingerprint density at radius 1 is 1.60 bits per heavy atom. The number of hydrogen-bond donors (Lipinski definition) is 2. The highest BCUT2D eigenvalue weighted by Gasteiger charge is 2.20. The maximum absolute atomic E-state index is 11.4. The van der Waals surface area contributed by atoms with Gasteiger partial charge in [-0.15, -0.1) is 0 Å². The number of esters is 1. The van der Waals surface area contributed by atoms with E-state index in [1.165, 1.54) is 0 Å². The summed E-state index contributed by atoms with van der Waals surface area (Å²) in [7, 11) is 0. The van der Waals surface area contributed by atoms with E-state index in [0.29, 0.717) is 12.2 Å². The van der Waals surface area contributed by atoms with Gasteiger partial charge in [-0.05, 0) is 19.9 Å². The lowest BCUT2D eigenvalue weighted by Crippen LogP contribution is -2.13. The van der Waals surface area contributed by atoms with E-state index in [-0.39, 0.29) is 17.4 Å². The van der Waals surface area contributed by atoms with E-state index in [0.717, 1.165) is 0 Å². The first kappa shape index (κ1) is 11.4. The zero-order chi connectivity index (χ0) is 11.4. The molecule has 1 rings (SSSR count). The summed E-state index contributed by atoms with van der Waals surface area (Å²) in [5.41, 5.74) is 6.29. The van der Waals surface area contributed by atoms with Crippen molar-refractivity contribution >= 4 is 11.7 Å². The van der Waals surface area contributed by atoms with Gasteiger partial charge in [-0.3, -0.25) is 4.79 Å². The lowest BCUT2D eigenvalue weighted by Gasteiger charge is -2.13. The van der Waals surface area contributed by atoms with E-state index in [9.17, 15) is 9.90 Å². The summed E-state index contributed by atoms with van der Waals surface area (Å²) < 4.78 is 4.86. The summed E-state index contributed by atoms with van der Waals surface area (Å²) in [5, 5.41) is 9.65. The molecule has 0 fully saturated rings. The Kier molecular flexibility index (Phi) is 3.55. The average Bonchev–Trinajstić information content (AvgIpc) is 2.21. The van der Waals surface area contributed by atoms with Gasteiger partial charge < -0.3 is 15.6 Å². The number of hydrogen-bond acceptors (Lipinski definition) is 4. The average molecular weight is 209 g/mol. The lowest BCUT2D eigenvalue weighted by atomic mass is 9.99. The molecule has 1 unspecified atom stereocenters. The van der Waals surface area contributed by atoms with Crippen LogP contribution in [0.25, 0.3) is 0 Å². The number of benzene rings is 1. The highest BCUT2D eigenvalue weighted by atomic mass is 16.5. The van der Waals surface area contributed by atoms with Gasteiger partial charge in [0.1, 0.15) is 5.75 Å². The smallest absolute Gasteiger partial charge is 0.313 e. The number of anilines is 1. The summed E-state index contributed by atoms with van der Waals surface area (Å²) in [6, 6.07) is 4.93. The van der Waals surface area contributed by atoms with Crippen LogP contribution in [0.3, 0.4) is 0 Å². The highest BCUT2D eigenvalue weighted by Crippen LogP contribution is 2.31. The monoisotopic (exact) mass is 209 g/mol. The second kappa shape index (κ2) is 4.68. The molecular formula is C11H15NO3. The van der Waals surface area contributed by atoms with Gasteiger partial charge in [-0.25, -0.2) is 0 Å². The largest absolute Gasteiger partial charge is 0.505 e. The van der Waals surface area contributed by atoms with Crippen molar-refractivity contribution in [3.8, 4) is 5.75 Å². The molecule has 0 radical (unpaired) electrons. The molecule has 0 aliphatic rings. The van der Waals surface area contributed by atoms with Crippen LogP contribution in [-0.2, 0) is 9.53 Å². The second-order valence-electron chi connectivity index (χ2n) is 3.26. The third kappa shape index (κ3) is 2.40. The van der Waals surface area contributed by atoms with Crippen molar-refractivity contribution in [2.75, 3.05) is 12.3 Å². The standard InChI is InChI=1S/C11H15NO3/c1-3-15-11(14)7(2)8-5-4-6-9(12)10(8)13/h4-7,13H,3,12H2,1-2H3. The van der Waals surface area contributed by atoms with E-state index in [1.54, 1.807) is 32.0 Å². The molecule has 1 aromatic carbocycles. The molecule has 1 aromatic rings. The van der Waals surface area contributed by atoms with Crippen molar-refractivity contribution in [2.45, 2.75) is 19.8 Å². The topological polar surface area (TPSA) is 72.5 Å². The van der Waals surface area contributed by atoms with Gasteiger partial charge in [0.2, 0.25) is 0 Å². The molecule has 82 valence electrons. The van der Waals surface area contributed by atoms with E-state index in [2.05, 4.69) is 0 Å². The maximum atomic E-state index is 11.4. The van der Waals surface area contributed by atoms with Crippen LogP contribution in [0.15, 0.2) is 18.2 Å². The molecule has 0 aromatic heterocycles. The summed E-state index contributed by atoms with van der Waals surface area (Å²) in [4.78, 5) is 11.4. The van der Waals surface area contributed by atoms with E-state index < -0.39 is 5.92 Å². The number of rotatable bonds is 3. The fraction of sp³-hybridized carbons (Fsp3) is 0.364. The van der Waals surface area contributed by atoms with Crippen LogP contribution in [0.1, 0.15) is 25.3 Å². The van der Waals surface area contributed by atoms with Crippen LogP contribution in [-0.4, -0.2) is 17.7 Å². The van der Waals surface area contributed by atoms with Crippen molar-refractivity contribution in [2.24, 2.45) is 0 Å². The lowest BCUT2D eigenvalue weighted by molar-refractivity contribution is -0.144. The SMILES string of the molecule is CCOC(=O)C(C)c1cccc(N)c1O. The minimum absolute atomic E-state index is 0.0435. The summed E-state index contributed by atoms with van der Waals surface area (Å²) >= 11 is 0. The fourth-order valence-electron chi connectivity index (χ4n) is 1.32. The number of carbonyl (C=O) groups is 1. The maximum Gasteiger partial charge on any atom is 0.313 e. The molecular weight excluding hydrogens is 194 g/mol. The molecule has 3 N–H and O–H groups in total. The Labute approximate surface area is 88.7 Å². The fourth-order valence-corrected chi connectivity index (χ4v) is 1.32. The van der Waals surface area contributed by atoms with Crippen molar-refractivity contribution < 1.29 is 14.6 Å². The van der Waals surface area contributed by atoms with E-state index in [1.807, 2.05) is 0 Å². The number of phenolic OH excluding ortho intramolecular Hbond substituents is 1. The predicted octanol–water partition coefficient (Wildman–Crippen LogP) is 1.64. The molecule has 4 heteroatoms. The van der Waals surface area contributed by atoms with Gasteiger partial charge >= 0.3 is 5.97 Å². The Morgan fingerprint density at radius 3 is 2.87 bits per heavy atom. The van der Waals surface area contributed by atoms with Crippen molar-refractivity contribution in [1.29, 1.82) is 0 Å². The minimum Gasteiger partial charge on any atom is -0.505 e. The molecule has 0 saturated carbocycles. The first-order valence-electron chi connectivity index (χ1n) is 4.82. The molecule has 1 atom stereocenters. The summed E-state index contributed by atoms with van der Waals surface area (Å²) in [5.74, 6) is -0.912. The van der Waals surface area contributed by atoms with Gasteiger partial charge in [0.05, 0.1) is 18.2 Å². The molecule has 0 amide bonds. The molecule has 0 bridgehead atoms. The number of phenols is 1. The number of ether oxygens (including phenoxy) is 1. The van der Waals surface area contributed by atoms with Crippen molar-refractivity contribution in [3.05, 3.63) is 23.8 Å². The van der Waals surface area contributed by atoms with E-state index >= 15 is 0 Å². The number of nitrogens with two attached hydrogens (primary N) is 1. The molecule has 0 heterocycles. The molecule has 0 saturated heterocycles. The normalized spacial score (nSPS) is 12.1. The Balaban J connectivity index is 2.96. The highest BCUT2D eigenvalue weighted by molar-refractivity contribution is 5.79. The third-order valence-corrected chi connectivity index (χ3v) is 2.21. The van der Waals surface area contributed by atoms with Gasteiger partial charge in [0.15, 0.2) is 0 Å². The van der Waals surface area contributed by atoms with Crippen LogP contribution in [0, 0.1) is 0 Å². The van der Waals surface area contributed by atoms with Crippen molar-refractivity contribution in [3.63, 3.8) is 0 Å². The van der Waals surface area contributed by atoms with Gasteiger partial charge in [0, 0.05) is 5.56 Å². The van der Waals surface area contributed by atoms with Gasteiger partial charge in [0.25, 0.3) is 0 Å². The van der Waals surface area contributed by atoms with Crippen LogP contribution in [0.2, 0.25) is 0 Å². The van der Waals surface area contributed by atoms with Crippen LogP contribution >= 0.6 is 0 Å². The molecule has 15 heavy (non-hydrogen) atoms. The Hall–Kier alpha value is -1.71. The zero-order valence-electron chi connectivity index (χ0n) is 8.86. The Morgan fingerprint density at radius 2 is 2.27 bits per heavy atom. The summed E-state index contributed by atoms with van der Waals surface area (Å²) in [6.45, 7) is 3.74. The van der Waals surface area contributed by atoms with Gasteiger partial charge in [-0.1, -0.05) is 12.1 Å². The third-order valence-electron chi connectivity index (χ3n) is 2.21.